The Morgan fingerprint density at radius 3 is 2.61 bits per heavy atom. The first-order valence-electron chi connectivity index (χ1n) is 11.3. The molecule has 1 unspecified atom stereocenters. The maximum absolute atomic E-state index is 13.6. The summed E-state index contributed by atoms with van der Waals surface area (Å²) in [4.78, 5) is 32.0. The lowest BCUT2D eigenvalue weighted by Crippen LogP contribution is -2.40. The number of carbonyl (C=O) groups excluding carboxylic acids is 2. The number of benzene rings is 2. The van der Waals surface area contributed by atoms with E-state index >= 15 is 0 Å². The van der Waals surface area contributed by atoms with Crippen molar-refractivity contribution in [2.75, 3.05) is 13.1 Å². The molecule has 2 aliphatic heterocycles. The lowest BCUT2D eigenvalue weighted by molar-refractivity contribution is -0.134. The molecule has 1 amide bonds. The summed E-state index contributed by atoms with van der Waals surface area (Å²) in [5, 5.41) is 0. The molecular formula is C27H24N2O4. The van der Waals surface area contributed by atoms with Gasteiger partial charge in [0.2, 0.25) is 5.91 Å². The molecular weight excluding hydrogens is 416 g/mol. The molecule has 1 saturated heterocycles. The Labute approximate surface area is 192 Å². The minimum Gasteiger partial charge on any atom is -0.489 e. The van der Waals surface area contributed by atoms with Crippen LogP contribution < -0.4 is 4.74 Å². The van der Waals surface area contributed by atoms with Crippen LogP contribution in [0.2, 0.25) is 0 Å². The number of pyridine rings is 1. The molecule has 0 radical (unpaired) electrons. The van der Waals surface area contributed by atoms with E-state index in [-0.39, 0.29) is 11.9 Å². The van der Waals surface area contributed by atoms with E-state index in [1.54, 1.807) is 18.5 Å². The van der Waals surface area contributed by atoms with Crippen LogP contribution in [0.15, 0.2) is 73.1 Å². The minimum atomic E-state index is -0.705. The fourth-order valence-electron chi connectivity index (χ4n) is 5.18. The van der Waals surface area contributed by atoms with Gasteiger partial charge >= 0.3 is 5.97 Å². The molecule has 2 aromatic carbocycles. The highest BCUT2D eigenvalue weighted by Crippen LogP contribution is 2.52. The van der Waals surface area contributed by atoms with Gasteiger partial charge in [0.05, 0.1) is 17.5 Å². The van der Waals surface area contributed by atoms with Gasteiger partial charge in [-0.25, -0.2) is 4.79 Å². The SMILES string of the molecule is O=C1OC2(CCN(C(=O)C3(c4ccc(OCc5cccnc5)cc4)CC3)C2)c2ccccc21. The number of likely N-dealkylation sites (tertiary alicyclic amines) is 1. The average molecular weight is 440 g/mol. The van der Waals surface area contributed by atoms with E-state index in [2.05, 4.69) is 4.98 Å². The van der Waals surface area contributed by atoms with Crippen molar-refractivity contribution in [1.82, 2.24) is 9.88 Å². The van der Waals surface area contributed by atoms with Crippen LogP contribution in [-0.2, 0) is 27.2 Å². The molecule has 2 fully saturated rings. The smallest absolute Gasteiger partial charge is 0.339 e. The normalized spacial score (nSPS) is 22.2. The molecule has 33 heavy (non-hydrogen) atoms. The molecule has 1 aromatic heterocycles. The quantitative estimate of drug-likeness (QED) is 0.561. The van der Waals surface area contributed by atoms with Crippen LogP contribution in [0, 0.1) is 0 Å². The first kappa shape index (κ1) is 20.0. The van der Waals surface area contributed by atoms with Crippen LogP contribution in [-0.4, -0.2) is 34.8 Å². The molecule has 6 rings (SSSR count). The molecule has 3 aromatic rings. The molecule has 1 saturated carbocycles. The number of ether oxygens (including phenoxy) is 2. The molecule has 3 aliphatic rings. The maximum Gasteiger partial charge on any atom is 0.339 e. The summed E-state index contributed by atoms with van der Waals surface area (Å²) in [5.74, 6) is 0.604. The lowest BCUT2D eigenvalue weighted by atomic mass is 9.91. The van der Waals surface area contributed by atoms with Crippen LogP contribution >= 0.6 is 0 Å². The Morgan fingerprint density at radius 2 is 1.85 bits per heavy atom. The number of rotatable bonds is 5. The zero-order valence-electron chi connectivity index (χ0n) is 18.2. The topological polar surface area (TPSA) is 68.7 Å². The average Bonchev–Trinajstić information content (AvgIpc) is 3.49. The standard InChI is InChI=1S/C27H24N2O4/c30-24-22-5-1-2-6-23(22)27(33-24)13-15-29(18-27)25(31)26(11-12-26)20-7-9-21(10-8-20)32-17-19-4-3-14-28-16-19/h1-10,14,16H,11-13,15,17-18H2. The van der Waals surface area contributed by atoms with Crippen molar-refractivity contribution in [3.63, 3.8) is 0 Å². The maximum atomic E-state index is 13.6. The van der Waals surface area contributed by atoms with Gasteiger partial charge in [-0.3, -0.25) is 9.78 Å². The van der Waals surface area contributed by atoms with Crippen LogP contribution in [0.25, 0.3) is 0 Å². The molecule has 3 heterocycles. The molecule has 1 atom stereocenters. The third-order valence-electron chi connectivity index (χ3n) is 7.14. The summed E-state index contributed by atoms with van der Waals surface area (Å²) >= 11 is 0. The van der Waals surface area contributed by atoms with Crippen LogP contribution in [0.1, 0.15) is 46.3 Å². The fourth-order valence-corrected chi connectivity index (χ4v) is 5.18. The van der Waals surface area contributed by atoms with Crippen molar-refractivity contribution in [1.29, 1.82) is 0 Å². The number of nitrogens with zero attached hydrogens (tertiary/aromatic N) is 2. The summed E-state index contributed by atoms with van der Waals surface area (Å²) < 4.78 is 11.7. The summed E-state index contributed by atoms with van der Waals surface area (Å²) in [6.07, 6.45) is 5.83. The van der Waals surface area contributed by atoms with E-state index in [9.17, 15) is 9.59 Å². The van der Waals surface area contributed by atoms with Crippen molar-refractivity contribution in [3.8, 4) is 5.75 Å². The van der Waals surface area contributed by atoms with Gasteiger partial charge in [-0.05, 0) is 42.7 Å². The van der Waals surface area contributed by atoms with Crippen LogP contribution in [0.5, 0.6) is 5.75 Å². The van der Waals surface area contributed by atoms with Crippen molar-refractivity contribution < 1.29 is 19.1 Å². The number of fused-ring (bicyclic) bond motifs is 2. The van der Waals surface area contributed by atoms with Crippen molar-refractivity contribution in [2.24, 2.45) is 0 Å². The molecule has 6 heteroatoms. The number of hydrogen-bond donors (Lipinski definition) is 0. The summed E-state index contributed by atoms with van der Waals surface area (Å²) in [6, 6.07) is 19.2. The molecule has 0 bridgehead atoms. The third-order valence-corrected chi connectivity index (χ3v) is 7.14. The fraction of sp³-hybridized carbons (Fsp3) is 0.296. The van der Waals surface area contributed by atoms with Gasteiger partial charge in [-0.1, -0.05) is 36.4 Å². The van der Waals surface area contributed by atoms with Gasteiger partial charge in [0.1, 0.15) is 12.4 Å². The summed E-state index contributed by atoms with van der Waals surface area (Å²) in [7, 11) is 0. The van der Waals surface area contributed by atoms with Crippen LogP contribution in [0.3, 0.4) is 0 Å². The van der Waals surface area contributed by atoms with Crippen molar-refractivity contribution in [2.45, 2.75) is 36.9 Å². The van der Waals surface area contributed by atoms with Crippen molar-refractivity contribution in [3.05, 3.63) is 95.3 Å². The largest absolute Gasteiger partial charge is 0.489 e. The van der Waals surface area contributed by atoms with Gasteiger partial charge < -0.3 is 14.4 Å². The zero-order chi connectivity index (χ0) is 22.5. The predicted octanol–water partition coefficient (Wildman–Crippen LogP) is 3.99. The number of aromatic nitrogens is 1. The minimum absolute atomic E-state index is 0.129. The second kappa shape index (κ2) is 7.44. The molecule has 1 aliphatic carbocycles. The van der Waals surface area contributed by atoms with E-state index in [0.717, 1.165) is 35.3 Å². The first-order chi connectivity index (χ1) is 16.1. The Bertz CT molecular complexity index is 1220. The van der Waals surface area contributed by atoms with E-state index in [1.165, 1.54) is 0 Å². The monoisotopic (exact) mass is 440 g/mol. The van der Waals surface area contributed by atoms with E-state index < -0.39 is 11.0 Å². The molecule has 6 nitrogen and oxygen atoms in total. The summed E-state index contributed by atoms with van der Waals surface area (Å²) in [6.45, 7) is 1.46. The van der Waals surface area contributed by atoms with E-state index in [0.29, 0.717) is 31.7 Å². The number of hydrogen-bond acceptors (Lipinski definition) is 5. The van der Waals surface area contributed by atoms with Crippen molar-refractivity contribution >= 4 is 11.9 Å². The van der Waals surface area contributed by atoms with E-state index in [4.69, 9.17) is 9.47 Å². The predicted molar refractivity (Wildman–Crippen MR) is 121 cm³/mol. The number of carbonyl (C=O) groups is 2. The third kappa shape index (κ3) is 3.28. The lowest BCUT2D eigenvalue weighted by Gasteiger charge is -2.27. The van der Waals surface area contributed by atoms with Crippen LogP contribution in [0.4, 0.5) is 0 Å². The second-order valence-corrected chi connectivity index (χ2v) is 9.16. The Morgan fingerprint density at radius 1 is 1.03 bits per heavy atom. The van der Waals surface area contributed by atoms with Gasteiger partial charge in [-0.15, -0.1) is 0 Å². The Kier molecular flexibility index (Phi) is 4.50. The number of amides is 1. The zero-order valence-corrected chi connectivity index (χ0v) is 18.2. The Hall–Kier alpha value is -3.67. The first-order valence-corrected chi connectivity index (χ1v) is 11.3. The van der Waals surface area contributed by atoms with Gasteiger partial charge in [0.15, 0.2) is 5.60 Å². The second-order valence-electron chi connectivity index (χ2n) is 9.16. The van der Waals surface area contributed by atoms with Gasteiger partial charge in [-0.2, -0.15) is 0 Å². The highest BCUT2D eigenvalue weighted by molar-refractivity contribution is 5.96. The summed E-state index contributed by atoms with van der Waals surface area (Å²) in [5.41, 5.74) is 2.37. The molecule has 166 valence electrons. The molecule has 0 N–H and O–H groups in total. The Balaban J connectivity index is 1.16. The van der Waals surface area contributed by atoms with Gasteiger partial charge in [0.25, 0.3) is 0 Å². The molecule has 1 spiro atoms. The highest BCUT2D eigenvalue weighted by Gasteiger charge is 2.57. The van der Waals surface area contributed by atoms with Gasteiger partial charge in [0, 0.05) is 36.5 Å². The highest BCUT2D eigenvalue weighted by atomic mass is 16.6. The number of esters is 1. The van der Waals surface area contributed by atoms with E-state index in [1.807, 2.05) is 59.5 Å².